The number of hydrogen-bond acceptors (Lipinski definition) is 5. The SMILES string of the molecule is CC1CC(C)CN(S(=O)(=O)c2ccc(NC(=O)C3CCCCN3C(=O)c3ccco3)cc2)C1. The molecule has 178 valence electrons. The number of nitrogens with zero attached hydrogens (tertiary/aromatic N) is 2. The lowest BCUT2D eigenvalue weighted by Crippen LogP contribution is -2.49. The Morgan fingerprint density at radius 3 is 2.36 bits per heavy atom. The van der Waals surface area contributed by atoms with Gasteiger partial charge in [0.25, 0.3) is 5.91 Å². The molecule has 8 nitrogen and oxygen atoms in total. The van der Waals surface area contributed by atoms with E-state index in [2.05, 4.69) is 19.2 Å². The summed E-state index contributed by atoms with van der Waals surface area (Å²) < 4.78 is 32.9. The van der Waals surface area contributed by atoms with E-state index < -0.39 is 16.1 Å². The van der Waals surface area contributed by atoms with Crippen molar-refractivity contribution in [1.82, 2.24) is 9.21 Å². The average Bonchev–Trinajstić information content (AvgIpc) is 3.33. The van der Waals surface area contributed by atoms with Crippen LogP contribution in [0.4, 0.5) is 5.69 Å². The van der Waals surface area contributed by atoms with Gasteiger partial charge in [-0.15, -0.1) is 0 Å². The van der Waals surface area contributed by atoms with E-state index in [1.165, 1.54) is 18.4 Å². The summed E-state index contributed by atoms with van der Waals surface area (Å²) in [5.74, 6) is 0.273. The number of carbonyl (C=O) groups is 2. The molecule has 3 unspecified atom stereocenters. The first-order valence-corrected chi connectivity index (χ1v) is 12.9. The summed E-state index contributed by atoms with van der Waals surface area (Å²) in [7, 11) is -3.58. The summed E-state index contributed by atoms with van der Waals surface area (Å²) in [6.45, 7) is 5.67. The molecule has 1 aromatic carbocycles. The van der Waals surface area contributed by atoms with E-state index in [4.69, 9.17) is 4.42 Å². The molecule has 9 heteroatoms. The summed E-state index contributed by atoms with van der Waals surface area (Å²) >= 11 is 0. The molecule has 3 atom stereocenters. The van der Waals surface area contributed by atoms with Crippen LogP contribution in [0.5, 0.6) is 0 Å². The summed E-state index contributed by atoms with van der Waals surface area (Å²) in [6, 6.07) is 8.90. The molecule has 0 spiro atoms. The molecule has 0 aliphatic carbocycles. The van der Waals surface area contributed by atoms with Gasteiger partial charge in [0.1, 0.15) is 6.04 Å². The van der Waals surface area contributed by atoms with Crippen LogP contribution in [-0.4, -0.2) is 55.1 Å². The number of piperidine rings is 2. The van der Waals surface area contributed by atoms with Crippen molar-refractivity contribution in [2.75, 3.05) is 25.0 Å². The maximum Gasteiger partial charge on any atom is 0.290 e. The van der Waals surface area contributed by atoms with Crippen molar-refractivity contribution in [3.63, 3.8) is 0 Å². The molecule has 3 heterocycles. The number of rotatable bonds is 5. The Bertz CT molecular complexity index is 1070. The molecule has 0 saturated carbocycles. The Labute approximate surface area is 195 Å². The van der Waals surface area contributed by atoms with Crippen LogP contribution in [0.25, 0.3) is 0 Å². The third kappa shape index (κ3) is 5.14. The largest absolute Gasteiger partial charge is 0.459 e. The lowest BCUT2D eigenvalue weighted by atomic mass is 9.94. The van der Waals surface area contributed by atoms with Gasteiger partial charge in [0.15, 0.2) is 5.76 Å². The lowest BCUT2D eigenvalue weighted by Gasteiger charge is -2.34. The highest BCUT2D eigenvalue weighted by atomic mass is 32.2. The standard InChI is InChI=1S/C24H31N3O5S/c1-17-14-18(2)16-26(15-17)33(30,31)20-10-8-19(9-11-20)25-23(28)21-6-3-4-12-27(21)24(29)22-7-5-13-32-22/h5,7-11,13,17-18,21H,3-4,6,12,14-16H2,1-2H3,(H,25,28). The minimum Gasteiger partial charge on any atom is -0.459 e. The number of benzene rings is 1. The summed E-state index contributed by atoms with van der Waals surface area (Å²) in [6.07, 6.45) is 4.71. The van der Waals surface area contributed by atoms with E-state index in [1.54, 1.807) is 33.5 Å². The average molecular weight is 474 g/mol. The predicted octanol–water partition coefficient (Wildman–Crippen LogP) is 3.58. The van der Waals surface area contributed by atoms with Gasteiger partial charge < -0.3 is 14.6 Å². The number of anilines is 1. The van der Waals surface area contributed by atoms with Gasteiger partial charge in [0.05, 0.1) is 11.2 Å². The molecule has 2 aliphatic heterocycles. The zero-order valence-corrected chi connectivity index (χ0v) is 19.9. The second kappa shape index (κ2) is 9.69. The van der Waals surface area contributed by atoms with Crippen LogP contribution >= 0.6 is 0 Å². The molecule has 1 aromatic heterocycles. The van der Waals surface area contributed by atoms with E-state index in [1.807, 2.05) is 0 Å². The first-order valence-electron chi connectivity index (χ1n) is 11.5. The predicted molar refractivity (Wildman–Crippen MR) is 124 cm³/mol. The fourth-order valence-corrected chi connectivity index (χ4v) is 6.56. The highest BCUT2D eigenvalue weighted by Crippen LogP contribution is 2.27. The minimum atomic E-state index is -3.58. The molecule has 2 aromatic rings. The van der Waals surface area contributed by atoms with Crippen LogP contribution in [0.3, 0.4) is 0 Å². The van der Waals surface area contributed by atoms with Gasteiger partial charge in [-0.2, -0.15) is 4.31 Å². The molecular weight excluding hydrogens is 442 g/mol. The Morgan fingerprint density at radius 1 is 1.03 bits per heavy atom. The molecule has 0 radical (unpaired) electrons. The van der Waals surface area contributed by atoms with E-state index in [0.29, 0.717) is 43.6 Å². The molecule has 2 saturated heterocycles. The first-order chi connectivity index (χ1) is 15.8. The number of hydrogen-bond donors (Lipinski definition) is 1. The number of nitrogens with one attached hydrogen (secondary N) is 1. The van der Waals surface area contributed by atoms with E-state index >= 15 is 0 Å². The number of carbonyl (C=O) groups excluding carboxylic acids is 2. The van der Waals surface area contributed by atoms with E-state index in [0.717, 1.165) is 19.3 Å². The lowest BCUT2D eigenvalue weighted by molar-refractivity contribution is -0.121. The van der Waals surface area contributed by atoms with Crippen LogP contribution in [0.15, 0.2) is 52.0 Å². The van der Waals surface area contributed by atoms with Crippen molar-refractivity contribution >= 4 is 27.5 Å². The topological polar surface area (TPSA) is 99.9 Å². The monoisotopic (exact) mass is 473 g/mol. The Hall–Kier alpha value is -2.65. The van der Waals surface area contributed by atoms with Crippen molar-refractivity contribution in [2.24, 2.45) is 11.8 Å². The minimum absolute atomic E-state index is 0.214. The molecule has 2 fully saturated rings. The van der Waals surface area contributed by atoms with Crippen molar-refractivity contribution in [3.05, 3.63) is 48.4 Å². The smallest absolute Gasteiger partial charge is 0.290 e. The van der Waals surface area contributed by atoms with Crippen LogP contribution in [0.1, 0.15) is 50.1 Å². The highest BCUT2D eigenvalue weighted by Gasteiger charge is 2.34. The fourth-order valence-electron chi connectivity index (χ4n) is 4.88. The molecule has 0 bridgehead atoms. The van der Waals surface area contributed by atoms with Gasteiger partial charge in [0, 0.05) is 25.3 Å². The van der Waals surface area contributed by atoms with Crippen LogP contribution in [0, 0.1) is 11.8 Å². The van der Waals surface area contributed by atoms with Gasteiger partial charge in [-0.25, -0.2) is 8.42 Å². The van der Waals surface area contributed by atoms with Crippen LogP contribution in [-0.2, 0) is 14.8 Å². The highest BCUT2D eigenvalue weighted by molar-refractivity contribution is 7.89. The zero-order valence-electron chi connectivity index (χ0n) is 19.1. The maximum atomic E-state index is 13.1. The van der Waals surface area contributed by atoms with Gasteiger partial charge in [-0.3, -0.25) is 9.59 Å². The van der Waals surface area contributed by atoms with Crippen molar-refractivity contribution < 1.29 is 22.4 Å². The summed E-state index contributed by atoms with van der Waals surface area (Å²) in [5, 5.41) is 2.84. The number of amides is 2. The maximum absolute atomic E-state index is 13.1. The van der Waals surface area contributed by atoms with Crippen molar-refractivity contribution in [2.45, 2.75) is 50.5 Å². The quantitative estimate of drug-likeness (QED) is 0.716. The second-order valence-corrected chi connectivity index (χ2v) is 11.2. The molecule has 2 amide bonds. The number of furan rings is 1. The second-order valence-electron chi connectivity index (χ2n) is 9.27. The third-order valence-corrected chi connectivity index (χ3v) is 8.24. The number of likely N-dealkylation sites (tertiary alicyclic amines) is 1. The van der Waals surface area contributed by atoms with Crippen LogP contribution < -0.4 is 5.32 Å². The molecular formula is C24H31N3O5S. The normalized spacial score (nSPS) is 24.4. The Kier molecular flexibility index (Phi) is 6.90. The summed E-state index contributed by atoms with van der Waals surface area (Å²) in [5.41, 5.74) is 0.496. The molecule has 33 heavy (non-hydrogen) atoms. The fraction of sp³-hybridized carbons (Fsp3) is 0.500. The van der Waals surface area contributed by atoms with E-state index in [-0.39, 0.29) is 22.5 Å². The van der Waals surface area contributed by atoms with Crippen molar-refractivity contribution in [1.29, 1.82) is 0 Å². The third-order valence-electron chi connectivity index (χ3n) is 6.39. The van der Waals surface area contributed by atoms with Gasteiger partial charge in [-0.1, -0.05) is 13.8 Å². The van der Waals surface area contributed by atoms with Gasteiger partial charge >= 0.3 is 0 Å². The molecule has 2 aliphatic rings. The Balaban J connectivity index is 1.45. The Morgan fingerprint density at radius 2 is 1.73 bits per heavy atom. The van der Waals surface area contributed by atoms with Crippen molar-refractivity contribution in [3.8, 4) is 0 Å². The zero-order chi connectivity index (χ0) is 23.6. The van der Waals surface area contributed by atoms with Crippen LogP contribution in [0.2, 0.25) is 0 Å². The number of sulfonamides is 1. The van der Waals surface area contributed by atoms with Gasteiger partial charge in [0.2, 0.25) is 15.9 Å². The molecule has 4 rings (SSSR count). The first kappa shape index (κ1) is 23.5. The van der Waals surface area contributed by atoms with E-state index in [9.17, 15) is 18.0 Å². The van der Waals surface area contributed by atoms with Gasteiger partial charge in [-0.05, 0) is 73.9 Å². The molecule has 1 N–H and O–H groups in total. The summed E-state index contributed by atoms with van der Waals surface area (Å²) in [4.78, 5) is 27.5.